The van der Waals surface area contributed by atoms with Crippen LogP contribution in [0.3, 0.4) is 0 Å². The molecular weight excluding hydrogens is 228 g/mol. The summed E-state index contributed by atoms with van der Waals surface area (Å²) in [6.45, 7) is 0. The fourth-order valence-electron chi connectivity index (χ4n) is 2.60. The van der Waals surface area contributed by atoms with Crippen LogP contribution in [0.2, 0.25) is 0 Å². The second-order valence-electron chi connectivity index (χ2n) is 5.15. The SMILES string of the molecule is Cn1c(=O)oc2ccc(CC3(C#N)CCC3)cc21. The van der Waals surface area contributed by atoms with Gasteiger partial charge in [-0.15, -0.1) is 0 Å². The van der Waals surface area contributed by atoms with Gasteiger partial charge in [0.25, 0.3) is 0 Å². The average molecular weight is 242 g/mol. The first-order valence-corrected chi connectivity index (χ1v) is 6.13. The van der Waals surface area contributed by atoms with Crippen molar-refractivity contribution in [1.82, 2.24) is 4.57 Å². The number of benzene rings is 1. The van der Waals surface area contributed by atoms with Crippen molar-refractivity contribution >= 4 is 11.1 Å². The van der Waals surface area contributed by atoms with Crippen LogP contribution in [0.5, 0.6) is 0 Å². The summed E-state index contributed by atoms with van der Waals surface area (Å²) >= 11 is 0. The van der Waals surface area contributed by atoms with Gasteiger partial charge in [-0.05, 0) is 37.0 Å². The quantitative estimate of drug-likeness (QED) is 0.812. The second-order valence-corrected chi connectivity index (χ2v) is 5.15. The van der Waals surface area contributed by atoms with Gasteiger partial charge in [-0.3, -0.25) is 4.57 Å². The number of nitrogens with zero attached hydrogens (tertiary/aromatic N) is 2. The molecule has 3 rings (SSSR count). The molecule has 1 saturated carbocycles. The highest BCUT2D eigenvalue weighted by Crippen LogP contribution is 2.43. The van der Waals surface area contributed by atoms with E-state index in [9.17, 15) is 10.1 Å². The summed E-state index contributed by atoms with van der Waals surface area (Å²) in [5.41, 5.74) is 2.31. The predicted octanol–water partition coefficient (Wildman–Crippen LogP) is 2.37. The molecule has 0 aliphatic heterocycles. The van der Waals surface area contributed by atoms with E-state index in [1.807, 2.05) is 18.2 Å². The summed E-state index contributed by atoms with van der Waals surface area (Å²) in [7, 11) is 1.70. The molecule has 0 atom stereocenters. The van der Waals surface area contributed by atoms with E-state index in [-0.39, 0.29) is 11.2 Å². The van der Waals surface area contributed by atoms with Crippen molar-refractivity contribution in [3.63, 3.8) is 0 Å². The third-order valence-electron chi connectivity index (χ3n) is 3.95. The van der Waals surface area contributed by atoms with E-state index < -0.39 is 0 Å². The summed E-state index contributed by atoms with van der Waals surface area (Å²) < 4.78 is 6.59. The lowest BCUT2D eigenvalue weighted by Crippen LogP contribution is -2.29. The van der Waals surface area contributed by atoms with Gasteiger partial charge in [0.2, 0.25) is 0 Å². The van der Waals surface area contributed by atoms with Crippen LogP contribution in [0, 0.1) is 16.7 Å². The zero-order valence-corrected chi connectivity index (χ0v) is 10.3. The number of hydrogen-bond donors (Lipinski definition) is 0. The van der Waals surface area contributed by atoms with Crippen LogP contribution in [-0.2, 0) is 13.5 Å². The molecule has 1 aliphatic carbocycles. The fraction of sp³-hybridized carbons (Fsp3) is 0.429. The summed E-state index contributed by atoms with van der Waals surface area (Å²) in [6.07, 6.45) is 3.86. The zero-order chi connectivity index (χ0) is 12.8. The van der Waals surface area contributed by atoms with E-state index in [4.69, 9.17) is 4.42 Å². The minimum atomic E-state index is -0.346. The highest BCUT2D eigenvalue weighted by Gasteiger charge is 2.37. The molecule has 4 heteroatoms. The molecule has 0 radical (unpaired) electrons. The molecule has 0 amide bonds. The number of hydrogen-bond acceptors (Lipinski definition) is 3. The fourth-order valence-corrected chi connectivity index (χ4v) is 2.60. The number of oxazole rings is 1. The molecule has 4 nitrogen and oxygen atoms in total. The first kappa shape index (κ1) is 11.1. The lowest BCUT2D eigenvalue weighted by molar-refractivity contribution is 0.214. The summed E-state index contributed by atoms with van der Waals surface area (Å²) in [5.74, 6) is -0.346. The summed E-state index contributed by atoms with van der Waals surface area (Å²) in [5, 5.41) is 9.25. The molecule has 1 aromatic heterocycles. The second kappa shape index (κ2) is 3.74. The molecule has 1 fully saturated rings. The number of rotatable bonds is 2. The van der Waals surface area contributed by atoms with Crippen LogP contribution in [-0.4, -0.2) is 4.57 Å². The normalized spacial score (nSPS) is 17.3. The van der Waals surface area contributed by atoms with E-state index in [0.29, 0.717) is 5.58 Å². The van der Waals surface area contributed by atoms with Crippen LogP contribution in [0.1, 0.15) is 24.8 Å². The van der Waals surface area contributed by atoms with Gasteiger partial charge in [0.15, 0.2) is 5.58 Å². The Morgan fingerprint density at radius 1 is 1.50 bits per heavy atom. The van der Waals surface area contributed by atoms with Gasteiger partial charge in [-0.1, -0.05) is 12.5 Å². The van der Waals surface area contributed by atoms with E-state index in [2.05, 4.69) is 6.07 Å². The van der Waals surface area contributed by atoms with Gasteiger partial charge in [0.1, 0.15) is 0 Å². The van der Waals surface area contributed by atoms with Gasteiger partial charge >= 0.3 is 5.76 Å². The molecule has 0 N–H and O–H groups in total. The van der Waals surface area contributed by atoms with Crippen LogP contribution in [0.15, 0.2) is 27.4 Å². The van der Waals surface area contributed by atoms with E-state index in [1.54, 1.807) is 7.05 Å². The van der Waals surface area contributed by atoms with Crippen molar-refractivity contribution in [2.75, 3.05) is 0 Å². The van der Waals surface area contributed by atoms with Crippen LogP contribution < -0.4 is 5.76 Å². The highest BCUT2D eigenvalue weighted by atomic mass is 16.4. The van der Waals surface area contributed by atoms with E-state index >= 15 is 0 Å². The minimum Gasteiger partial charge on any atom is -0.408 e. The Balaban J connectivity index is 2.01. The maximum Gasteiger partial charge on any atom is 0.419 e. The van der Waals surface area contributed by atoms with Crippen LogP contribution >= 0.6 is 0 Å². The topological polar surface area (TPSA) is 58.9 Å². The van der Waals surface area contributed by atoms with Crippen molar-refractivity contribution in [1.29, 1.82) is 5.26 Å². The lowest BCUT2D eigenvalue weighted by atomic mass is 9.66. The van der Waals surface area contributed by atoms with Crippen molar-refractivity contribution in [3.05, 3.63) is 34.3 Å². The molecule has 0 spiro atoms. The molecule has 1 aliphatic rings. The number of aryl methyl sites for hydroxylation is 1. The molecule has 2 aromatic rings. The third-order valence-corrected chi connectivity index (χ3v) is 3.95. The largest absolute Gasteiger partial charge is 0.419 e. The van der Waals surface area contributed by atoms with Crippen molar-refractivity contribution < 1.29 is 4.42 Å². The molecule has 18 heavy (non-hydrogen) atoms. The Morgan fingerprint density at radius 3 is 2.89 bits per heavy atom. The van der Waals surface area contributed by atoms with Gasteiger partial charge in [-0.25, -0.2) is 4.79 Å². The molecule has 1 heterocycles. The first-order valence-electron chi connectivity index (χ1n) is 6.13. The van der Waals surface area contributed by atoms with Crippen LogP contribution in [0.25, 0.3) is 11.1 Å². The number of fused-ring (bicyclic) bond motifs is 1. The molecule has 0 saturated heterocycles. The Hall–Kier alpha value is -2.02. The average Bonchev–Trinajstić information content (AvgIpc) is 2.60. The third kappa shape index (κ3) is 1.55. The van der Waals surface area contributed by atoms with E-state index in [1.165, 1.54) is 4.57 Å². The van der Waals surface area contributed by atoms with Gasteiger partial charge in [0.05, 0.1) is 17.0 Å². The van der Waals surface area contributed by atoms with Gasteiger partial charge in [-0.2, -0.15) is 5.26 Å². The lowest BCUT2D eigenvalue weighted by Gasteiger charge is -2.35. The number of aromatic nitrogens is 1. The molecule has 1 aromatic carbocycles. The van der Waals surface area contributed by atoms with Gasteiger partial charge < -0.3 is 4.42 Å². The first-order chi connectivity index (χ1) is 8.63. The van der Waals surface area contributed by atoms with Crippen molar-refractivity contribution in [2.24, 2.45) is 12.5 Å². The Bertz CT molecular complexity index is 699. The molecular formula is C14H14N2O2. The monoisotopic (exact) mass is 242 g/mol. The van der Waals surface area contributed by atoms with Crippen molar-refractivity contribution in [3.8, 4) is 6.07 Å². The zero-order valence-electron chi connectivity index (χ0n) is 10.3. The molecule has 0 bridgehead atoms. The maximum atomic E-state index is 11.4. The Kier molecular flexibility index (Phi) is 2.30. The maximum absolute atomic E-state index is 11.4. The number of nitriles is 1. The smallest absolute Gasteiger partial charge is 0.408 e. The Labute approximate surface area is 104 Å². The molecule has 92 valence electrons. The summed E-state index contributed by atoms with van der Waals surface area (Å²) in [4.78, 5) is 11.4. The minimum absolute atomic E-state index is 0.184. The predicted molar refractivity (Wildman–Crippen MR) is 67.1 cm³/mol. The highest BCUT2D eigenvalue weighted by molar-refractivity contribution is 5.73. The van der Waals surface area contributed by atoms with Crippen LogP contribution in [0.4, 0.5) is 0 Å². The molecule has 0 unspecified atom stereocenters. The summed E-state index contributed by atoms with van der Waals surface area (Å²) in [6, 6.07) is 8.16. The van der Waals surface area contributed by atoms with Gasteiger partial charge in [0, 0.05) is 7.05 Å². The van der Waals surface area contributed by atoms with E-state index in [0.717, 1.165) is 36.8 Å². The standard InChI is InChI=1S/C14H14N2O2/c1-16-11-7-10(3-4-12(11)18-13(16)17)8-14(9-15)5-2-6-14/h3-4,7H,2,5-6,8H2,1H3. The van der Waals surface area contributed by atoms with Crippen molar-refractivity contribution in [2.45, 2.75) is 25.7 Å². The Morgan fingerprint density at radius 2 is 2.28 bits per heavy atom.